The van der Waals surface area contributed by atoms with Crippen LogP contribution in [0.25, 0.3) is 0 Å². The summed E-state index contributed by atoms with van der Waals surface area (Å²) in [6.07, 6.45) is 0. The predicted octanol–water partition coefficient (Wildman–Crippen LogP) is 6.73. The van der Waals surface area contributed by atoms with Crippen molar-refractivity contribution in [1.29, 1.82) is 0 Å². The molecular weight excluding hydrogens is 809 g/mol. The summed E-state index contributed by atoms with van der Waals surface area (Å²) in [5.74, 6) is 0. The van der Waals surface area contributed by atoms with Crippen LogP contribution in [0.5, 0.6) is 0 Å². The highest BCUT2D eigenvalue weighted by atomic mass is 28.4. The second-order valence-corrected chi connectivity index (χ2v) is 30.3. The Bertz CT molecular complexity index is 1310. The Morgan fingerprint density at radius 1 is 0.276 bits per heavy atom. The minimum atomic E-state index is -3.51. The normalized spacial score (nSPS) is 14.3. The Kier molecular flexibility index (Phi) is 19.2. The molecule has 0 aliphatic rings. The zero-order valence-corrected chi connectivity index (χ0v) is 44.5. The van der Waals surface area contributed by atoms with Gasteiger partial charge in [0.25, 0.3) is 0 Å². The summed E-state index contributed by atoms with van der Waals surface area (Å²) in [6, 6.07) is 15.7. The maximum atomic E-state index is 6.82. The van der Waals surface area contributed by atoms with E-state index in [0.717, 1.165) is 20.7 Å². The van der Waals surface area contributed by atoms with E-state index in [2.05, 4.69) is 6.07 Å². The van der Waals surface area contributed by atoms with E-state index in [9.17, 15) is 0 Å². The summed E-state index contributed by atoms with van der Waals surface area (Å²) in [6.45, 7) is 36.6. The third-order valence-corrected chi connectivity index (χ3v) is 20.0. The van der Waals surface area contributed by atoms with E-state index in [1.165, 1.54) is 0 Å². The lowest BCUT2D eigenvalue weighted by atomic mass is 10.2. The van der Waals surface area contributed by atoms with Crippen LogP contribution in [0.3, 0.4) is 0 Å². The molecule has 58 heavy (non-hydrogen) atoms. The first-order valence-electron chi connectivity index (χ1n) is 19.8. The fraction of sp³-hybridized carbons (Fsp3) is 0.714. The standard InChI is InChI=1S/C30H58O6Si2.C12H22O6Si2/c1-25(2,3)31-37(32-26(4,5)6,33-27(7,8)9)23-20-19-21-24(22-23)38(34-28(10,11)12,35-29(13,14)15)36-30(16,17)18;1-13-19(14-2,15-3)11-7-9-12(10-8-11)20(16-4,17-5)18-6/h19-22H,1-18H3;7-10H,1-6H3. The van der Waals surface area contributed by atoms with Crippen LogP contribution in [-0.4, -0.2) is 111 Å². The molecule has 16 heteroatoms. The maximum absolute atomic E-state index is 6.82. The van der Waals surface area contributed by atoms with Gasteiger partial charge in [-0.2, -0.15) is 0 Å². The van der Waals surface area contributed by atoms with Crippen molar-refractivity contribution in [2.24, 2.45) is 0 Å². The molecule has 0 aliphatic carbocycles. The zero-order valence-electron chi connectivity index (χ0n) is 40.5. The van der Waals surface area contributed by atoms with Crippen LogP contribution in [0.2, 0.25) is 0 Å². The van der Waals surface area contributed by atoms with Gasteiger partial charge in [-0.05, 0) is 131 Å². The molecule has 0 bridgehead atoms. The Labute approximate surface area is 357 Å². The fourth-order valence-electron chi connectivity index (χ4n) is 5.88. The molecule has 0 spiro atoms. The number of hydrogen-bond acceptors (Lipinski definition) is 12. The molecule has 0 amide bonds. The summed E-state index contributed by atoms with van der Waals surface area (Å²) >= 11 is 0. The Morgan fingerprint density at radius 2 is 0.466 bits per heavy atom. The van der Waals surface area contributed by atoms with Crippen LogP contribution < -0.4 is 20.7 Å². The molecule has 0 aliphatic heterocycles. The molecule has 2 aromatic carbocycles. The molecule has 12 nitrogen and oxygen atoms in total. The minimum absolute atomic E-state index is 0.515. The lowest BCUT2D eigenvalue weighted by molar-refractivity contribution is -0.0662. The zero-order chi connectivity index (χ0) is 45.5. The van der Waals surface area contributed by atoms with Gasteiger partial charge >= 0.3 is 35.2 Å². The molecule has 336 valence electrons. The highest BCUT2D eigenvalue weighted by Crippen LogP contribution is 2.31. The molecule has 0 unspecified atom stereocenters. The van der Waals surface area contributed by atoms with Gasteiger partial charge in [0.05, 0.1) is 33.6 Å². The van der Waals surface area contributed by atoms with Crippen molar-refractivity contribution in [3.05, 3.63) is 48.5 Å². The van der Waals surface area contributed by atoms with Gasteiger partial charge in [0.1, 0.15) is 0 Å². The van der Waals surface area contributed by atoms with Crippen molar-refractivity contribution in [3.8, 4) is 0 Å². The van der Waals surface area contributed by atoms with E-state index in [-0.39, 0.29) is 0 Å². The molecule has 0 saturated heterocycles. The van der Waals surface area contributed by atoms with Gasteiger partial charge in [-0.1, -0.05) is 42.5 Å². The van der Waals surface area contributed by atoms with E-state index in [0.29, 0.717) is 0 Å². The minimum Gasteiger partial charge on any atom is -0.373 e. The highest BCUT2D eigenvalue weighted by Gasteiger charge is 2.56. The van der Waals surface area contributed by atoms with Gasteiger partial charge in [0.15, 0.2) is 0 Å². The van der Waals surface area contributed by atoms with Gasteiger partial charge in [0, 0.05) is 63.4 Å². The molecule has 0 aromatic heterocycles. The average molecular weight is 889 g/mol. The van der Waals surface area contributed by atoms with Gasteiger partial charge < -0.3 is 53.1 Å². The van der Waals surface area contributed by atoms with Crippen molar-refractivity contribution in [2.75, 3.05) is 42.7 Å². The molecule has 0 saturated carbocycles. The van der Waals surface area contributed by atoms with Crippen molar-refractivity contribution < 1.29 is 53.1 Å². The maximum Gasteiger partial charge on any atom is 0.538 e. The second kappa shape index (κ2) is 20.3. The van der Waals surface area contributed by atoms with E-state index < -0.39 is 68.8 Å². The molecule has 0 atom stereocenters. The van der Waals surface area contributed by atoms with Crippen molar-refractivity contribution >= 4 is 56.0 Å². The first-order chi connectivity index (χ1) is 26.0. The Balaban J connectivity index is 0.000000704. The smallest absolute Gasteiger partial charge is 0.373 e. The van der Waals surface area contributed by atoms with Gasteiger partial charge in [-0.15, -0.1) is 0 Å². The summed E-state index contributed by atoms with van der Waals surface area (Å²) in [7, 11) is -3.19. The van der Waals surface area contributed by atoms with Gasteiger partial charge in [-0.25, -0.2) is 0 Å². The second-order valence-electron chi connectivity index (χ2n) is 19.9. The quantitative estimate of drug-likeness (QED) is 0.167. The lowest BCUT2D eigenvalue weighted by Gasteiger charge is -2.44. The van der Waals surface area contributed by atoms with Crippen LogP contribution in [-0.2, 0) is 53.1 Å². The van der Waals surface area contributed by atoms with E-state index in [1.54, 1.807) is 42.7 Å². The fourth-order valence-corrected chi connectivity index (χ4v) is 16.7. The summed E-state index contributed by atoms with van der Waals surface area (Å²) in [4.78, 5) is 0. The number of benzene rings is 2. The number of hydrogen-bond donors (Lipinski definition) is 0. The van der Waals surface area contributed by atoms with E-state index in [4.69, 9.17) is 53.1 Å². The molecule has 0 N–H and O–H groups in total. The van der Waals surface area contributed by atoms with Crippen molar-refractivity contribution in [3.63, 3.8) is 0 Å². The van der Waals surface area contributed by atoms with Crippen LogP contribution in [0, 0.1) is 0 Å². The lowest BCUT2D eigenvalue weighted by Crippen LogP contribution is -2.68. The SMILES string of the molecule is CC(C)(C)O[Si](OC(C)(C)C)(OC(C)(C)C)c1cccc([Si](OC(C)(C)C)(OC(C)(C)C)OC(C)(C)C)c1.CO[Si](OC)(OC)c1ccc([Si](OC)(OC)OC)cc1. The van der Waals surface area contributed by atoms with E-state index >= 15 is 0 Å². The third-order valence-electron chi connectivity index (χ3n) is 7.42. The molecule has 0 radical (unpaired) electrons. The predicted molar refractivity (Wildman–Crippen MR) is 242 cm³/mol. The molecule has 0 fully saturated rings. The van der Waals surface area contributed by atoms with Crippen molar-refractivity contribution in [1.82, 2.24) is 0 Å². The molecule has 0 heterocycles. The number of rotatable bonds is 16. The summed E-state index contributed by atoms with van der Waals surface area (Å²) in [5.41, 5.74) is -3.09. The first-order valence-corrected chi connectivity index (χ1v) is 26.7. The van der Waals surface area contributed by atoms with Crippen LogP contribution in [0.15, 0.2) is 48.5 Å². The van der Waals surface area contributed by atoms with Crippen LogP contribution in [0.1, 0.15) is 125 Å². The van der Waals surface area contributed by atoms with Gasteiger partial charge in [0.2, 0.25) is 0 Å². The van der Waals surface area contributed by atoms with Crippen LogP contribution in [0.4, 0.5) is 0 Å². The highest BCUT2D eigenvalue weighted by molar-refractivity contribution is 6.79. The average Bonchev–Trinajstić information content (AvgIpc) is 3.03. The molecule has 2 aromatic rings. The first kappa shape index (κ1) is 54.8. The topological polar surface area (TPSA) is 111 Å². The van der Waals surface area contributed by atoms with Crippen molar-refractivity contribution in [2.45, 2.75) is 158 Å². The molecule has 2 rings (SSSR count). The molecular formula is C42H80O12Si4. The van der Waals surface area contributed by atoms with E-state index in [1.807, 2.05) is 167 Å². The summed E-state index contributed by atoms with van der Waals surface area (Å²) < 4.78 is 73.6. The van der Waals surface area contributed by atoms with Crippen LogP contribution >= 0.6 is 0 Å². The Morgan fingerprint density at radius 3 is 0.621 bits per heavy atom. The van der Waals surface area contributed by atoms with Gasteiger partial charge in [-0.3, -0.25) is 0 Å². The Hall–Kier alpha value is -1.17. The largest absolute Gasteiger partial charge is 0.538 e. The summed E-state index contributed by atoms with van der Waals surface area (Å²) in [5, 5.41) is 3.42. The monoisotopic (exact) mass is 888 g/mol. The third kappa shape index (κ3) is 16.9.